The molecule has 4 unspecified atom stereocenters. The normalized spacial score (nSPS) is 13.4. The fraction of sp³-hybridized carbons (Fsp3) is 0.500. The molecular formula is C24H39FN6NaO9PY-4. The van der Waals surface area contributed by atoms with Gasteiger partial charge in [0.2, 0.25) is 0 Å². The number of aliphatic carboxylic acids is 1. The second kappa shape index (κ2) is 31.5. The summed E-state index contributed by atoms with van der Waals surface area (Å²) in [5.41, 5.74) is 11.8. The second-order valence-electron chi connectivity index (χ2n) is 7.86. The van der Waals surface area contributed by atoms with Crippen molar-refractivity contribution in [3.05, 3.63) is 60.0 Å². The standard InChI is InChI=1S/C16H26N4O5P.C4H7FO3.C4H6N2O.Na.Y/c1-18-8-9-20(2)26(24)25-10-7-14(16(22)23)19-15(21)13-5-3-12(11-17)4-6-13;5-1-3(7)4(8)2-6;1-2-4(5)6-3-7;;/h3-6,14,24H,7-11,17H2,1-2H3,(H,19,21)(H,22,23);1,3-4,6-7H,2H2;1-2,4H,5H2,(H,6,7);;/q-1;2*-2;+1;/t14-,26?;;;;/m0..../s1. The number of carboxylic acids is 1. The first kappa shape index (κ1) is 49.4. The molecule has 1 aromatic carbocycles. The summed E-state index contributed by atoms with van der Waals surface area (Å²) < 4.78 is 18.0. The van der Waals surface area contributed by atoms with Gasteiger partial charge < -0.3 is 73.0 Å². The summed E-state index contributed by atoms with van der Waals surface area (Å²) in [5, 5.41) is 44.0. The molecule has 2 amide bonds. The quantitative estimate of drug-likeness (QED) is 0.0234. The van der Waals surface area contributed by atoms with E-state index >= 15 is 0 Å². The molecule has 1 aromatic rings. The van der Waals surface area contributed by atoms with Crippen molar-refractivity contribution >= 4 is 26.8 Å². The topological polar surface area (TPSA) is 258 Å². The van der Waals surface area contributed by atoms with E-state index in [1.54, 1.807) is 43.0 Å². The fourth-order valence-electron chi connectivity index (χ4n) is 2.28. The zero-order chi connectivity index (χ0) is 31.8. The minimum Gasteiger partial charge on any atom is -0.850 e. The van der Waals surface area contributed by atoms with Crippen LogP contribution in [0.2, 0.25) is 0 Å². The largest absolute Gasteiger partial charge is 1.00 e. The van der Waals surface area contributed by atoms with E-state index in [2.05, 4.69) is 16.0 Å². The molecule has 43 heavy (non-hydrogen) atoms. The number of hydrogen-bond donors (Lipinski definition) is 8. The number of rotatable bonds is 18. The van der Waals surface area contributed by atoms with Gasteiger partial charge in [-0.05, 0) is 31.3 Å². The van der Waals surface area contributed by atoms with Crippen LogP contribution >= 0.6 is 8.53 Å². The SMILES string of the molecule is C[N-]CCN(C)P(O)OCC[C@H](NC(=O)c1ccc(CN)cc1)C(=O)O.[CH-]=CC(N)N[C-]=O.[Na+].[O-]C(CO)C(O)[CH-]F.[Y]. The Morgan fingerprint density at radius 2 is 1.95 bits per heavy atom. The van der Waals surface area contributed by atoms with Crippen LogP contribution in [0.25, 0.3) is 5.32 Å². The first-order chi connectivity index (χ1) is 19.4. The van der Waals surface area contributed by atoms with Crippen LogP contribution in [0.1, 0.15) is 22.3 Å². The second-order valence-corrected chi connectivity index (χ2v) is 9.31. The van der Waals surface area contributed by atoms with Crippen LogP contribution in [0.5, 0.6) is 0 Å². The monoisotopic (exact) mass is 717 g/mol. The van der Waals surface area contributed by atoms with E-state index in [1.165, 1.54) is 6.41 Å². The summed E-state index contributed by atoms with van der Waals surface area (Å²) in [5.74, 6) is -1.66. The number of carboxylic acid groups (broad SMARTS) is 1. The Morgan fingerprint density at radius 3 is 2.33 bits per heavy atom. The number of nitrogens with two attached hydrogens (primary N) is 2. The molecule has 1 rings (SSSR count). The van der Waals surface area contributed by atoms with Gasteiger partial charge >= 0.3 is 35.5 Å². The minimum absolute atomic E-state index is 0. The summed E-state index contributed by atoms with van der Waals surface area (Å²) >= 11 is 0. The molecule has 0 spiro atoms. The summed E-state index contributed by atoms with van der Waals surface area (Å²) in [6, 6.07) is 5.49. The molecule has 0 bridgehead atoms. The van der Waals surface area contributed by atoms with E-state index in [-0.39, 0.29) is 82.0 Å². The molecule has 0 aliphatic rings. The van der Waals surface area contributed by atoms with Gasteiger partial charge in [0.05, 0.1) is 6.61 Å². The third-order valence-corrected chi connectivity index (χ3v) is 5.93. The van der Waals surface area contributed by atoms with Gasteiger partial charge in [-0.3, -0.25) is 4.79 Å². The Morgan fingerprint density at radius 1 is 1.37 bits per heavy atom. The Labute approximate surface area is 300 Å². The molecular weight excluding hydrogens is 678 g/mol. The zero-order valence-electron chi connectivity index (χ0n) is 24.4. The molecule has 0 fully saturated rings. The Bertz CT molecular complexity index is 865. The van der Waals surface area contributed by atoms with Gasteiger partial charge in [-0.25, -0.2) is 15.5 Å². The Hall–Kier alpha value is -0.526. The van der Waals surface area contributed by atoms with E-state index in [0.29, 0.717) is 25.2 Å². The average Bonchev–Trinajstić information content (AvgIpc) is 2.98. The first-order valence-electron chi connectivity index (χ1n) is 11.9. The molecule has 15 nitrogen and oxygen atoms in total. The molecule has 0 aromatic heterocycles. The Kier molecular flexibility index (Phi) is 36.1. The summed E-state index contributed by atoms with van der Waals surface area (Å²) in [6.07, 6.45) is -1.33. The van der Waals surface area contributed by atoms with Crippen LogP contribution in [0.4, 0.5) is 4.39 Å². The molecule has 1 radical (unpaired) electrons. The fourth-order valence-corrected chi connectivity index (χ4v) is 3.00. The number of halogens is 1. The number of aliphatic hydroxyl groups excluding tert-OH is 2. The van der Waals surface area contributed by atoms with Gasteiger partial charge in [0.25, 0.3) is 14.4 Å². The number of carbonyl (C=O) groups is 2. The molecule has 10 N–H and O–H groups in total. The summed E-state index contributed by atoms with van der Waals surface area (Å²) in [6.45, 7) is 5.44. The van der Waals surface area contributed by atoms with Gasteiger partial charge in [0, 0.05) is 64.0 Å². The van der Waals surface area contributed by atoms with Crippen molar-refractivity contribution in [3.63, 3.8) is 0 Å². The van der Waals surface area contributed by atoms with Gasteiger partial charge in [-0.2, -0.15) is 13.5 Å². The number of aliphatic hydroxyl groups is 2. The van der Waals surface area contributed by atoms with Gasteiger partial charge in [0.1, 0.15) is 6.04 Å². The number of amides is 2. The predicted molar refractivity (Wildman–Crippen MR) is 148 cm³/mol. The Balaban J connectivity index is -0.000000370. The van der Waals surface area contributed by atoms with Crippen LogP contribution < -0.4 is 56.8 Å². The van der Waals surface area contributed by atoms with Gasteiger partial charge in [-0.15, -0.1) is 19.3 Å². The van der Waals surface area contributed by atoms with Crippen molar-refractivity contribution in [2.75, 3.05) is 40.4 Å². The van der Waals surface area contributed by atoms with Crippen LogP contribution in [0.3, 0.4) is 0 Å². The number of hydrogen-bond acceptors (Lipinski definition) is 11. The maximum absolute atomic E-state index is 12.2. The molecule has 0 saturated heterocycles. The maximum Gasteiger partial charge on any atom is 1.00 e. The summed E-state index contributed by atoms with van der Waals surface area (Å²) in [7, 11) is 1.55. The van der Waals surface area contributed by atoms with Crippen molar-refractivity contribution in [1.82, 2.24) is 15.3 Å². The van der Waals surface area contributed by atoms with E-state index < -0.39 is 51.4 Å². The number of nitrogens with zero attached hydrogens (tertiary/aromatic N) is 2. The van der Waals surface area contributed by atoms with Crippen LogP contribution in [0.15, 0.2) is 30.3 Å². The van der Waals surface area contributed by atoms with E-state index in [9.17, 15) is 33.9 Å². The number of benzene rings is 1. The van der Waals surface area contributed by atoms with Crippen molar-refractivity contribution < 1.29 is 111 Å². The number of carbonyl (C=O) groups excluding carboxylic acids is 2. The van der Waals surface area contributed by atoms with Gasteiger partial charge in [0.15, 0.2) is 0 Å². The van der Waals surface area contributed by atoms with Crippen LogP contribution in [-0.4, -0.2) is 108 Å². The van der Waals surface area contributed by atoms with E-state index in [0.717, 1.165) is 11.6 Å². The van der Waals surface area contributed by atoms with E-state index in [4.69, 9.17) is 32.8 Å². The average molecular weight is 717 g/mol. The molecule has 0 saturated carbocycles. The molecule has 0 aliphatic heterocycles. The van der Waals surface area contributed by atoms with Crippen LogP contribution in [0, 0.1) is 13.3 Å². The molecule has 5 atom stereocenters. The van der Waals surface area contributed by atoms with Crippen molar-refractivity contribution in [1.29, 1.82) is 0 Å². The van der Waals surface area contributed by atoms with Gasteiger partial charge in [-0.1, -0.05) is 18.2 Å². The van der Waals surface area contributed by atoms with Crippen molar-refractivity contribution in [2.24, 2.45) is 11.5 Å². The van der Waals surface area contributed by atoms with Crippen LogP contribution in [-0.2, 0) is 53.4 Å². The molecule has 0 heterocycles. The maximum atomic E-state index is 12.2. The van der Waals surface area contributed by atoms with E-state index in [1.807, 2.05) is 0 Å². The summed E-state index contributed by atoms with van der Waals surface area (Å²) in [4.78, 5) is 42.8. The smallest absolute Gasteiger partial charge is 0.850 e. The number of nitrogens with one attached hydrogen (secondary N) is 2. The molecule has 0 aliphatic carbocycles. The first-order valence-corrected chi connectivity index (χ1v) is 13.1. The third kappa shape index (κ3) is 25.4. The van der Waals surface area contributed by atoms with Crippen molar-refractivity contribution in [2.45, 2.75) is 37.4 Å². The molecule has 239 valence electrons. The molecule has 19 heteroatoms. The predicted octanol–water partition coefficient (Wildman–Crippen LogP) is -4.99. The minimum atomic E-state index is -1.82. The number of likely N-dealkylation sites (N-methyl/N-ethyl adjacent to an activating group) is 2. The third-order valence-electron chi connectivity index (χ3n) is 4.73. The van der Waals surface area contributed by atoms with Crippen molar-refractivity contribution in [3.8, 4) is 0 Å². The zero-order valence-corrected chi connectivity index (χ0v) is 30.1.